The fourth-order valence-corrected chi connectivity index (χ4v) is 3.37. The molecule has 2 rings (SSSR count). The van der Waals surface area contributed by atoms with Crippen LogP contribution in [0, 0.1) is 0 Å². The Balaban J connectivity index is 2.24. The second-order valence-corrected chi connectivity index (χ2v) is 7.72. The average Bonchev–Trinajstić information content (AvgIpc) is 2.66. The zero-order chi connectivity index (χ0) is 20.7. The van der Waals surface area contributed by atoms with E-state index >= 15 is 0 Å². The number of benzene rings is 2. The average molecular weight is 408 g/mol. The molecular formula is C19H24N2O6S. The fraction of sp³-hybridized carbons (Fsp3) is 0.316. The Morgan fingerprint density at radius 2 is 1.82 bits per heavy atom. The maximum Gasteiger partial charge on any atom is 0.245 e. The van der Waals surface area contributed by atoms with Gasteiger partial charge in [-0.2, -0.15) is 0 Å². The summed E-state index contributed by atoms with van der Waals surface area (Å²) >= 11 is 0. The standard InChI is InChI=1S/C19H24N2O6S/c1-5-27-16-8-6-7-14(11-16)21(28(4,23)24)13-19(22)20-17-10-9-15(25-2)12-18(17)26-3/h6-12H,5,13H2,1-4H3,(H,20,22). The second-order valence-electron chi connectivity index (χ2n) is 5.81. The lowest BCUT2D eigenvalue weighted by Gasteiger charge is -2.22. The van der Waals surface area contributed by atoms with Crippen molar-refractivity contribution >= 4 is 27.3 Å². The molecule has 1 N–H and O–H groups in total. The number of hydrogen-bond donors (Lipinski definition) is 1. The first kappa shape index (κ1) is 21.4. The highest BCUT2D eigenvalue weighted by molar-refractivity contribution is 7.92. The van der Waals surface area contributed by atoms with Crippen molar-refractivity contribution in [3.8, 4) is 17.2 Å². The first-order valence-corrected chi connectivity index (χ1v) is 10.4. The topological polar surface area (TPSA) is 94.2 Å². The Kier molecular flexibility index (Phi) is 7.11. The number of carbonyl (C=O) groups is 1. The Hall–Kier alpha value is -2.94. The van der Waals surface area contributed by atoms with E-state index in [0.29, 0.717) is 35.2 Å². The highest BCUT2D eigenvalue weighted by Crippen LogP contribution is 2.29. The van der Waals surface area contributed by atoms with Crippen molar-refractivity contribution in [3.05, 3.63) is 42.5 Å². The fourth-order valence-electron chi connectivity index (χ4n) is 2.52. The summed E-state index contributed by atoms with van der Waals surface area (Å²) in [4.78, 5) is 12.5. The van der Waals surface area contributed by atoms with Crippen LogP contribution in [0.2, 0.25) is 0 Å². The number of ether oxygens (including phenoxy) is 3. The van der Waals surface area contributed by atoms with Crippen LogP contribution in [0.25, 0.3) is 0 Å². The molecule has 0 aliphatic rings. The number of carbonyl (C=O) groups excluding carboxylic acids is 1. The maximum atomic E-state index is 12.5. The van der Waals surface area contributed by atoms with Crippen LogP contribution in [0.1, 0.15) is 6.92 Å². The lowest BCUT2D eigenvalue weighted by Crippen LogP contribution is -2.37. The molecule has 0 saturated heterocycles. The third-order valence-corrected chi connectivity index (χ3v) is 4.93. The molecule has 0 heterocycles. The van der Waals surface area contributed by atoms with Crippen LogP contribution in [0.3, 0.4) is 0 Å². The molecule has 9 heteroatoms. The van der Waals surface area contributed by atoms with Gasteiger partial charge in [0.15, 0.2) is 0 Å². The molecular weight excluding hydrogens is 384 g/mol. The summed E-state index contributed by atoms with van der Waals surface area (Å²) in [6, 6.07) is 11.5. The molecule has 0 aromatic heterocycles. The summed E-state index contributed by atoms with van der Waals surface area (Å²) in [6.45, 7) is 1.88. The quantitative estimate of drug-likeness (QED) is 0.685. The van der Waals surface area contributed by atoms with Crippen molar-refractivity contribution in [2.75, 3.05) is 43.2 Å². The van der Waals surface area contributed by atoms with Crippen LogP contribution in [-0.2, 0) is 14.8 Å². The number of methoxy groups -OCH3 is 2. The van der Waals surface area contributed by atoms with Gasteiger partial charge in [0, 0.05) is 12.1 Å². The summed E-state index contributed by atoms with van der Waals surface area (Å²) in [5, 5.41) is 2.67. The summed E-state index contributed by atoms with van der Waals surface area (Å²) < 4.78 is 41.3. The predicted octanol–water partition coefficient (Wildman–Crippen LogP) is 2.51. The molecule has 0 atom stereocenters. The smallest absolute Gasteiger partial charge is 0.245 e. The van der Waals surface area contributed by atoms with E-state index in [1.54, 1.807) is 42.5 Å². The molecule has 0 spiro atoms. The van der Waals surface area contributed by atoms with Crippen LogP contribution in [-0.4, -0.2) is 48.0 Å². The third kappa shape index (κ3) is 5.53. The van der Waals surface area contributed by atoms with Crippen molar-refractivity contribution in [3.63, 3.8) is 0 Å². The van der Waals surface area contributed by atoms with E-state index in [2.05, 4.69) is 5.32 Å². The minimum atomic E-state index is -3.70. The largest absolute Gasteiger partial charge is 0.497 e. The molecule has 152 valence electrons. The van der Waals surface area contributed by atoms with Gasteiger partial charge in [-0.3, -0.25) is 9.10 Å². The second kappa shape index (κ2) is 9.32. The van der Waals surface area contributed by atoms with E-state index in [9.17, 15) is 13.2 Å². The highest BCUT2D eigenvalue weighted by atomic mass is 32.2. The Morgan fingerprint density at radius 1 is 1.07 bits per heavy atom. The number of anilines is 2. The van der Waals surface area contributed by atoms with Gasteiger partial charge < -0.3 is 19.5 Å². The van der Waals surface area contributed by atoms with E-state index in [0.717, 1.165) is 10.6 Å². The minimum Gasteiger partial charge on any atom is -0.497 e. The molecule has 0 saturated carbocycles. The van der Waals surface area contributed by atoms with E-state index in [1.807, 2.05) is 6.92 Å². The van der Waals surface area contributed by atoms with Gasteiger partial charge in [0.2, 0.25) is 15.9 Å². The third-order valence-electron chi connectivity index (χ3n) is 3.79. The van der Waals surface area contributed by atoms with Crippen LogP contribution < -0.4 is 23.8 Å². The lowest BCUT2D eigenvalue weighted by molar-refractivity contribution is -0.114. The first-order valence-electron chi connectivity index (χ1n) is 8.51. The summed E-state index contributed by atoms with van der Waals surface area (Å²) in [5.74, 6) is 0.971. The van der Waals surface area contributed by atoms with Gasteiger partial charge in [0.1, 0.15) is 23.8 Å². The Labute approximate surface area is 165 Å². The lowest BCUT2D eigenvalue weighted by atomic mass is 10.2. The Bertz CT molecular complexity index is 930. The summed E-state index contributed by atoms with van der Waals surface area (Å²) in [6.07, 6.45) is 1.04. The van der Waals surface area contributed by atoms with Gasteiger partial charge in [-0.1, -0.05) is 6.07 Å². The van der Waals surface area contributed by atoms with Crippen LogP contribution in [0.5, 0.6) is 17.2 Å². The SMILES string of the molecule is CCOc1cccc(N(CC(=O)Nc2ccc(OC)cc2OC)S(C)(=O)=O)c1. The molecule has 0 fully saturated rings. The maximum absolute atomic E-state index is 12.5. The minimum absolute atomic E-state index is 0.338. The highest BCUT2D eigenvalue weighted by Gasteiger charge is 2.22. The Morgan fingerprint density at radius 3 is 2.43 bits per heavy atom. The normalized spacial score (nSPS) is 10.9. The molecule has 8 nitrogen and oxygen atoms in total. The van der Waals surface area contributed by atoms with Gasteiger partial charge >= 0.3 is 0 Å². The number of nitrogens with one attached hydrogen (secondary N) is 1. The van der Waals surface area contributed by atoms with Gasteiger partial charge in [0.25, 0.3) is 0 Å². The molecule has 2 aromatic carbocycles. The molecule has 0 aliphatic heterocycles. The molecule has 0 unspecified atom stereocenters. The van der Waals surface area contributed by atoms with Crippen molar-refractivity contribution < 1.29 is 27.4 Å². The van der Waals surface area contributed by atoms with E-state index < -0.39 is 22.5 Å². The van der Waals surface area contributed by atoms with E-state index in [1.165, 1.54) is 14.2 Å². The van der Waals surface area contributed by atoms with Crippen LogP contribution in [0.15, 0.2) is 42.5 Å². The molecule has 2 aromatic rings. The molecule has 0 aliphatic carbocycles. The zero-order valence-corrected chi connectivity index (χ0v) is 17.1. The van der Waals surface area contributed by atoms with Gasteiger partial charge in [0.05, 0.1) is 38.5 Å². The zero-order valence-electron chi connectivity index (χ0n) is 16.3. The number of sulfonamides is 1. The number of amides is 1. The number of nitrogens with zero attached hydrogens (tertiary/aromatic N) is 1. The predicted molar refractivity (Wildman–Crippen MR) is 108 cm³/mol. The molecule has 0 bridgehead atoms. The summed E-state index contributed by atoms with van der Waals surface area (Å²) in [5.41, 5.74) is 0.745. The van der Waals surface area contributed by atoms with Crippen LogP contribution >= 0.6 is 0 Å². The van der Waals surface area contributed by atoms with E-state index in [4.69, 9.17) is 14.2 Å². The molecule has 1 amide bonds. The van der Waals surface area contributed by atoms with Crippen LogP contribution in [0.4, 0.5) is 11.4 Å². The molecule has 0 radical (unpaired) electrons. The number of hydrogen-bond acceptors (Lipinski definition) is 6. The van der Waals surface area contributed by atoms with Crippen molar-refractivity contribution in [1.82, 2.24) is 0 Å². The number of rotatable bonds is 9. The van der Waals surface area contributed by atoms with Crippen molar-refractivity contribution in [2.45, 2.75) is 6.92 Å². The van der Waals surface area contributed by atoms with Gasteiger partial charge in [-0.05, 0) is 31.2 Å². The van der Waals surface area contributed by atoms with Crippen molar-refractivity contribution in [2.24, 2.45) is 0 Å². The van der Waals surface area contributed by atoms with Gasteiger partial charge in [-0.25, -0.2) is 8.42 Å². The summed E-state index contributed by atoms with van der Waals surface area (Å²) in [7, 11) is -0.712. The molecule has 28 heavy (non-hydrogen) atoms. The van der Waals surface area contributed by atoms with Gasteiger partial charge in [-0.15, -0.1) is 0 Å². The van der Waals surface area contributed by atoms with Crippen molar-refractivity contribution in [1.29, 1.82) is 0 Å². The van der Waals surface area contributed by atoms with E-state index in [-0.39, 0.29) is 0 Å². The first-order chi connectivity index (χ1) is 13.3. The monoisotopic (exact) mass is 408 g/mol.